The van der Waals surface area contributed by atoms with Crippen LogP contribution in [0, 0.1) is 10.1 Å². The van der Waals surface area contributed by atoms with Crippen LogP contribution in [0.25, 0.3) is 33.5 Å². The smallest absolute Gasteiger partial charge is 0.338 e. The fraction of sp³-hybridized carbons (Fsp3) is 0.0286. The number of nitro groups is 1. The molecule has 6 aromatic rings. The standard InChI is InChI=1S/C35H22ClN3O6/c36-26-14-18-32(30(20-26)39(42)43)45-27-15-11-22(12-16-27)31(40)21-44-35(41)25-13-17-28-29(19-25)38-34(24-9-5-2-6-10-24)33(37-28)23-7-3-1-4-8-23/h1-20H,21H2. The number of esters is 1. The van der Waals surface area contributed by atoms with Gasteiger partial charge in [-0.25, -0.2) is 14.8 Å². The van der Waals surface area contributed by atoms with Gasteiger partial charge in [0.1, 0.15) is 5.75 Å². The number of fused-ring (bicyclic) bond motifs is 1. The first-order valence-electron chi connectivity index (χ1n) is 13.7. The van der Waals surface area contributed by atoms with E-state index in [9.17, 15) is 19.7 Å². The third kappa shape index (κ3) is 6.53. The van der Waals surface area contributed by atoms with E-state index in [1.807, 2.05) is 60.7 Å². The largest absolute Gasteiger partial charge is 0.454 e. The summed E-state index contributed by atoms with van der Waals surface area (Å²) in [6, 6.07) is 34.3. The Balaban J connectivity index is 1.17. The fourth-order valence-corrected chi connectivity index (χ4v) is 4.80. The van der Waals surface area contributed by atoms with Crippen LogP contribution in [0.15, 0.2) is 121 Å². The van der Waals surface area contributed by atoms with E-state index < -0.39 is 23.3 Å². The zero-order valence-electron chi connectivity index (χ0n) is 23.4. The maximum Gasteiger partial charge on any atom is 0.338 e. The van der Waals surface area contributed by atoms with Gasteiger partial charge in [0.25, 0.3) is 0 Å². The number of hydrogen-bond acceptors (Lipinski definition) is 8. The van der Waals surface area contributed by atoms with E-state index in [0.717, 1.165) is 16.8 Å². The average molecular weight is 616 g/mol. The van der Waals surface area contributed by atoms with Crippen LogP contribution >= 0.6 is 11.6 Å². The first-order valence-corrected chi connectivity index (χ1v) is 14.1. The second-order valence-corrected chi connectivity index (χ2v) is 10.3. The fourth-order valence-electron chi connectivity index (χ4n) is 4.63. The van der Waals surface area contributed by atoms with Crippen LogP contribution in [0.1, 0.15) is 20.7 Å². The van der Waals surface area contributed by atoms with Crippen LogP contribution in [0.2, 0.25) is 5.02 Å². The van der Waals surface area contributed by atoms with Crippen LogP contribution < -0.4 is 4.74 Å². The van der Waals surface area contributed by atoms with E-state index in [4.69, 9.17) is 31.0 Å². The van der Waals surface area contributed by atoms with Crippen molar-refractivity contribution in [1.29, 1.82) is 0 Å². The maximum absolute atomic E-state index is 12.9. The number of benzene rings is 5. The molecule has 0 aliphatic carbocycles. The molecule has 1 heterocycles. The summed E-state index contributed by atoms with van der Waals surface area (Å²) in [6.07, 6.45) is 0. The van der Waals surface area contributed by atoms with E-state index in [2.05, 4.69) is 0 Å². The van der Waals surface area contributed by atoms with Crippen LogP contribution in [0.5, 0.6) is 11.5 Å². The van der Waals surface area contributed by atoms with E-state index >= 15 is 0 Å². The topological polar surface area (TPSA) is 122 Å². The molecule has 1 aromatic heterocycles. The summed E-state index contributed by atoms with van der Waals surface area (Å²) >= 11 is 5.85. The van der Waals surface area contributed by atoms with Crippen LogP contribution in [-0.2, 0) is 4.74 Å². The average Bonchev–Trinajstić information content (AvgIpc) is 3.08. The third-order valence-electron chi connectivity index (χ3n) is 6.85. The van der Waals surface area contributed by atoms with Crippen molar-refractivity contribution in [2.45, 2.75) is 0 Å². The number of ketones is 1. The number of nitro benzene ring substituents is 1. The number of carbonyl (C=O) groups excluding carboxylic acids is 2. The third-order valence-corrected chi connectivity index (χ3v) is 7.09. The van der Waals surface area contributed by atoms with Gasteiger partial charge in [-0.05, 0) is 54.6 Å². The number of carbonyl (C=O) groups is 2. The lowest BCUT2D eigenvalue weighted by Crippen LogP contribution is -2.14. The molecule has 0 aliphatic rings. The Morgan fingerprint density at radius 1 is 0.711 bits per heavy atom. The molecule has 220 valence electrons. The van der Waals surface area contributed by atoms with Crippen molar-refractivity contribution in [3.63, 3.8) is 0 Å². The van der Waals surface area contributed by atoms with Crippen LogP contribution in [0.3, 0.4) is 0 Å². The predicted molar refractivity (Wildman–Crippen MR) is 170 cm³/mol. The van der Waals surface area contributed by atoms with E-state index in [-0.39, 0.29) is 33.3 Å². The molecule has 0 amide bonds. The summed E-state index contributed by atoms with van der Waals surface area (Å²) in [5, 5.41) is 11.5. The lowest BCUT2D eigenvalue weighted by atomic mass is 10.0. The van der Waals surface area contributed by atoms with Crippen LogP contribution in [-0.4, -0.2) is 33.3 Å². The second kappa shape index (κ2) is 12.7. The number of aromatic nitrogens is 2. The number of nitrogens with zero attached hydrogens (tertiary/aromatic N) is 3. The van der Waals surface area contributed by atoms with Gasteiger partial charge in [0.2, 0.25) is 5.75 Å². The quantitative estimate of drug-likeness (QED) is 0.0688. The summed E-state index contributed by atoms with van der Waals surface area (Å²) in [5.41, 5.74) is 4.51. The molecular formula is C35H22ClN3O6. The van der Waals surface area contributed by atoms with Crippen molar-refractivity contribution in [2.24, 2.45) is 0 Å². The van der Waals surface area contributed by atoms with Crippen molar-refractivity contribution >= 4 is 40.1 Å². The monoisotopic (exact) mass is 615 g/mol. The van der Waals surface area contributed by atoms with Crippen molar-refractivity contribution in [1.82, 2.24) is 9.97 Å². The Bertz CT molecular complexity index is 2050. The lowest BCUT2D eigenvalue weighted by Gasteiger charge is -2.11. The van der Waals surface area contributed by atoms with Gasteiger partial charge in [-0.2, -0.15) is 0 Å². The molecular weight excluding hydrogens is 594 g/mol. The first-order chi connectivity index (χ1) is 21.9. The molecule has 0 N–H and O–H groups in total. The second-order valence-electron chi connectivity index (χ2n) is 9.85. The summed E-state index contributed by atoms with van der Waals surface area (Å²) in [7, 11) is 0. The number of Topliss-reactive ketones (excluding diaryl/α,β-unsaturated/α-hetero) is 1. The minimum Gasteiger partial charge on any atom is -0.454 e. The molecule has 0 saturated heterocycles. The minimum atomic E-state index is -0.685. The lowest BCUT2D eigenvalue weighted by molar-refractivity contribution is -0.385. The number of ether oxygens (including phenoxy) is 2. The Hall–Kier alpha value is -5.93. The Kier molecular flexibility index (Phi) is 8.26. The predicted octanol–water partition coefficient (Wildman–Crippen LogP) is 8.36. The van der Waals surface area contributed by atoms with Gasteiger partial charge in [-0.15, -0.1) is 0 Å². The minimum absolute atomic E-state index is 0.00431. The first kappa shape index (κ1) is 29.2. The molecule has 0 atom stereocenters. The molecule has 0 saturated carbocycles. The normalized spacial score (nSPS) is 10.8. The Morgan fingerprint density at radius 3 is 1.93 bits per heavy atom. The van der Waals surface area contributed by atoms with Crippen LogP contribution in [0.4, 0.5) is 5.69 Å². The molecule has 0 radical (unpaired) electrons. The molecule has 6 rings (SSSR count). The number of halogens is 1. The highest BCUT2D eigenvalue weighted by Gasteiger charge is 2.18. The van der Waals surface area contributed by atoms with Crippen molar-refractivity contribution in [3.8, 4) is 34.0 Å². The molecule has 0 bridgehead atoms. The van der Waals surface area contributed by atoms with Crippen molar-refractivity contribution in [3.05, 3.63) is 148 Å². The van der Waals surface area contributed by atoms with E-state index in [0.29, 0.717) is 16.7 Å². The zero-order valence-corrected chi connectivity index (χ0v) is 24.2. The van der Waals surface area contributed by atoms with Gasteiger partial charge in [-0.3, -0.25) is 14.9 Å². The van der Waals surface area contributed by atoms with Crippen molar-refractivity contribution in [2.75, 3.05) is 6.61 Å². The van der Waals surface area contributed by atoms with Gasteiger partial charge in [0.15, 0.2) is 12.4 Å². The molecule has 0 aliphatic heterocycles. The highest BCUT2D eigenvalue weighted by molar-refractivity contribution is 6.30. The van der Waals surface area contributed by atoms with Gasteiger partial charge < -0.3 is 9.47 Å². The molecule has 9 nitrogen and oxygen atoms in total. The summed E-state index contributed by atoms with van der Waals surface area (Å²) < 4.78 is 10.9. The van der Waals surface area contributed by atoms with Gasteiger partial charge in [0, 0.05) is 27.8 Å². The molecule has 5 aromatic carbocycles. The summed E-state index contributed by atoms with van der Waals surface area (Å²) in [5.74, 6) is -0.844. The molecule has 0 unspecified atom stereocenters. The SMILES string of the molecule is O=C(COC(=O)c1ccc2nc(-c3ccccc3)c(-c3ccccc3)nc2c1)c1ccc(Oc2ccc(Cl)cc2[N+](=O)[O-])cc1. The zero-order chi connectivity index (χ0) is 31.3. The highest BCUT2D eigenvalue weighted by atomic mass is 35.5. The molecule has 45 heavy (non-hydrogen) atoms. The van der Waals surface area contributed by atoms with Gasteiger partial charge in [0.05, 0.1) is 32.9 Å². The molecule has 0 fully saturated rings. The Labute approximate surface area is 261 Å². The number of rotatable bonds is 9. The summed E-state index contributed by atoms with van der Waals surface area (Å²) in [4.78, 5) is 46.2. The van der Waals surface area contributed by atoms with E-state index in [1.54, 1.807) is 18.2 Å². The highest BCUT2D eigenvalue weighted by Crippen LogP contribution is 2.34. The van der Waals surface area contributed by atoms with E-state index in [1.165, 1.54) is 42.5 Å². The maximum atomic E-state index is 12.9. The molecule has 0 spiro atoms. The summed E-state index contributed by atoms with van der Waals surface area (Å²) in [6.45, 7) is -0.492. The number of hydrogen-bond donors (Lipinski definition) is 0. The van der Waals surface area contributed by atoms with Crippen molar-refractivity contribution < 1.29 is 24.0 Å². The van der Waals surface area contributed by atoms with Gasteiger partial charge in [-0.1, -0.05) is 72.3 Å². The van der Waals surface area contributed by atoms with Gasteiger partial charge >= 0.3 is 11.7 Å². The molecule has 10 heteroatoms. The Morgan fingerprint density at radius 2 is 1.31 bits per heavy atom.